The molecule has 3 aromatic heterocycles. The lowest BCUT2D eigenvalue weighted by atomic mass is 9.88. The van der Waals surface area contributed by atoms with Gasteiger partial charge in [-0.2, -0.15) is 5.26 Å². The van der Waals surface area contributed by atoms with Gasteiger partial charge in [-0.1, -0.05) is 5.16 Å². The van der Waals surface area contributed by atoms with Gasteiger partial charge in [-0.05, 0) is 48.7 Å². The van der Waals surface area contributed by atoms with Crippen molar-refractivity contribution in [2.75, 3.05) is 25.5 Å². The Labute approximate surface area is 208 Å². The Balaban J connectivity index is 1.36. The Morgan fingerprint density at radius 1 is 1.17 bits per heavy atom. The lowest BCUT2D eigenvalue weighted by molar-refractivity contribution is -0.834. The van der Waals surface area contributed by atoms with Gasteiger partial charge in [-0.3, -0.25) is 14.3 Å². The molecule has 1 aliphatic rings. The van der Waals surface area contributed by atoms with E-state index >= 15 is 0 Å². The van der Waals surface area contributed by atoms with Gasteiger partial charge in [0.15, 0.2) is 0 Å². The standard InChI is InChI=1S/C27H26N6O3/c1-17-12-24(31-36-17)27(35)33(3)10-7-19(8-11-33)22-16-32(2)25-5-4-20(14-21(22)25)30-26(34)23-13-18(15-28)6-9-29-23/h4-6,9,12-14,16,19H,7-8,10-11H2,1-3H3/p+1. The van der Waals surface area contributed by atoms with Gasteiger partial charge in [0, 0.05) is 54.9 Å². The van der Waals surface area contributed by atoms with E-state index in [0.717, 1.165) is 23.7 Å². The van der Waals surface area contributed by atoms with Crippen LogP contribution in [0.1, 0.15) is 56.6 Å². The van der Waals surface area contributed by atoms with Gasteiger partial charge in [-0.15, -0.1) is 0 Å². The predicted octanol–water partition coefficient (Wildman–Crippen LogP) is 4.16. The fraction of sp³-hybridized carbons (Fsp3) is 0.296. The summed E-state index contributed by atoms with van der Waals surface area (Å²) in [6.07, 6.45) is 5.33. The Kier molecular flexibility index (Phi) is 5.90. The third-order valence-corrected chi connectivity index (χ3v) is 7.12. The van der Waals surface area contributed by atoms with Crippen molar-refractivity contribution in [3.63, 3.8) is 0 Å². The van der Waals surface area contributed by atoms with Gasteiger partial charge in [0.2, 0.25) is 5.69 Å². The van der Waals surface area contributed by atoms with Crippen LogP contribution in [0.15, 0.2) is 53.3 Å². The molecule has 1 aromatic carbocycles. The molecule has 0 bridgehead atoms. The molecule has 0 spiro atoms. The van der Waals surface area contributed by atoms with Gasteiger partial charge >= 0.3 is 5.91 Å². The molecule has 0 aliphatic carbocycles. The monoisotopic (exact) mass is 483 g/mol. The molecular weight excluding hydrogens is 456 g/mol. The number of carbonyl (C=O) groups excluding carboxylic acids is 2. The maximum absolute atomic E-state index is 13.1. The molecule has 36 heavy (non-hydrogen) atoms. The number of nitriles is 1. The number of fused-ring (bicyclic) bond motifs is 1. The minimum absolute atomic E-state index is 0.0118. The fourth-order valence-electron chi connectivity index (χ4n) is 5.04. The van der Waals surface area contributed by atoms with E-state index in [2.05, 4.69) is 26.2 Å². The van der Waals surface area contributed by atoms with E-state index in [4.69, 9.17) is 9.78 Å². The maximum atomic E-state index is 13.1. The zero-order valence-corrected chi connectivity index (χ0v) is 20.5. The number of likely N-dealkylation sites (tertiary alicyclic amines) is 1. The van der Waals surface area contributed by atoms with Crippen LogP contribution in [0.25, 0.3) is 10.9 Å². The molecule has 1 fully saturated rings. The van der Waals surface area contributed by atoms with Crippen LogP contribution in [0, 0.1) is 18.3 Å². The van der Waals surface area contributed by atoms with E-state index < -0.39 is 0 Å². The molecule has 1 saturated heterocycles. The van der Waals surface area contributed by atoms with Crippen molar-refractivity contribution in [1.82, 2.24) is 14.7 Å². The average Bonchev–Trinajstić information content (AvgIpc) is 3.47. The molecule has 2 amide bonds. The smallest absolute Gasteiger partial charge is 0.361 e. The molecule has 9 nitrogen and oxygen atoms in total. The minimum Gasteiger partial charge on any atom is -0.361 e. The van der Waals surface area contributed by atoms with Crippen molar-refractivity contribution in [2.45, 2.75) is 25.7 Å². The number of quaternary nitrogens is 1. The summed E-state index contributed by atoms with van der Waals surface area (Å²) in [5, 5.41) is 17.0. The molecule has 5 rings (SSSR count). The second kappa shape index (κ2) is 9.06. The Hall–Kier alpha value is -4.29. The largest absolute Gasteiger partial charge is 0.367 e. The molecule has 0 unspecified atom stereocenters. The van der Waals surface area contributed by atoms with Gasteiger partial charge < -0.3 is 14.4 Å². The number of nitrogens with one attached hydrogen (secondary N) is 1. The van der Waals surface area contributed by atoms with Crippen LogP contribution in [0.4, 0.5) is 5.69 Å². The summed E-state index contributed by atoms with van der Waals surface area (Å²) in [5.74, 6) is 0.553. The summed E-state index contributed by atoms with van der Waals surface area (Å²) >= 11 is 0. The van der Waals surface area contributed by atoms with Crippen LogP contribution >= 0.6 is 0 Å². The van der Waals surface area contributed by atoms with Crippen LogP contribution in [-0.4, -0.2) is 51.1 Å². The first-order chi connectivity index (χ1) is 17.3. The highest BCUT2D eigenvalue weighted by atomic mass is 16.5. The number of piperidine rings is 1. The molecule has 4 aromatic rings. The van der Waals surface area contributed by atoms with Gasteiger partial charge in [0.1, 0.15) is 11.5 Å². The maximum Gasteiger partial charge on any atom is 0.367 e. The molecule has 9 heteroatoms. The SMILES string of the molecule is Cc1cc(C(=O)[N+]2(C)CCC(c3cn(C)c4ccc(NC(=O)c5cc(C#N)ccn5)cc34)CC2)no1. The lowest BCUT2D eigenvalue weighted by Gasteiger charge is -2.37. The van der Waals surface area contributed by atoms with Crippen LogP contribution in [-0.2, 0) is 7.05 Å². The molecule has 0 atom stereocenters. The van der Waals surface area contributed by atoms with Crippen LogP contribution in [0.5, 0.6) is 0 Å². The second-order valence-electron chi connectivity index (χ2n) is 9.67. The summed E-state index contributed by atoms with van der Waals surface area (Å²) < 4.78 is 7.52. The zero-order valence-electron chi connectivity index (χ0n) is 20.5. The predicted molar refractivity (Wildman–Crippen MR) is 133 cm³/mol. The number of benzene rings is 1. The number of carbonyl (C=O) groups is 2. The van der Waals surface area contributed by atoms with E-state index in [1.54, 1.807) is 19.1 Å². The lowest BCUT2D eigenvalue weighted by Crippen LogP contribution is -2.53. The first-order valence-electron chi connectivity index (χ1n) is 11.9. The first kappa shape index (κ1) is 23.5. The van der Waals surface area contributed by atoms with E-state index in [0.29, 0.717) is 46.2 Å². The van der Waals surface area contributed by atoms with E-state index in [9.17, 15) is 9.59 Å². The van der Waals surface area contributed by atoms with Crippen molar-refractivity contribution >= 4 is 28.4 Å². The topological polar surface area (TPSA) is 114 Å². The van der Waals surface area contributed by atoms with Crippen molar-refractivity contribution in [1.29, 1.82) is 5.26 Å². The number of hydrogen-bond acceptors (Lipinski definition) is 6. The number of pyridine rings is 1. The third kappa shape index (κ3) is 4.27. The fourth-order valence-corrected chi connectivity index (χ4v) is 5.04. The number of rotatable bonds is 4. The Morgan fingerprint density at radius 2 is 1.94 bits per heavy atom. The highest BCUT2D eigenvalue weighted by molar-refractivity contribution is 6.04. The molecule has 0 radical (unpaired) electrons. The Morgan fingerprint density at radius 3 is 2.64 bits per heavy atom. The zero-order chi connectivity index (χ0) is 25.4. The molecule has 1 aliphatic heterocycles. The van der Waals surface area contributed by atoms with Crippen molar-refractivity contribution < 1.29 is 18.6 Å². The van der Waals surface area contributed by atoms with Crippen molar-refractivity contribution in [2.24, 2.45) is 7.05 Å². The van der Waals surface area contributed by atoms with Crippen LogP contribution in [0.2, 0.25) is 0 Å². The second-order valence-corrected chi connectivity index (χ2v) is 9.67. The number of aryl methyl sites for hydroxylation is 2. The van der Waals surface area contributed by atoms with E-state index in [-0.39, 0.29) is 17.5 Å². The van der Waals surface area contributed by atoms with Gasteiger partial charge in [-0.25, -0.2) is 4.79 Å². The number of aromatic nitrogens is 3. The number of amides is 2. The summed E-state index contributed by atoms with van der Waals surface area (Å²) in [6.45, 7) is 3.21. The molecular formula is C27H27N6O3+. The normalized spacial score (nSPS) is 19.7. The van der Waals surface area contributed by atoms with Crippen LogP contribution < -0.4 is 5.32 Å². The Bertz CT molecular complexity index is 1520. The number of hydrogen-bond donors (Lipinski definition) is 1. The summed E-state index contributed by atoms with van der Waals surface area (Å²) in [4.78, 5) is 29.9. The van der Waals surface area contributed by atoms with E-state index in [1.807, 2.05) is 38.4 Å². The van der Waals surface area contributed by atoms with Crippen LogP contribution in [0.3, 0.4) is 0 Å². The van der Waals surface area contributed by atoms with Gasteiger partial charge in [0.05, 0.1) is 31.8 Å². The number of nitrogens with zero attached hydrogens (tertiary/aromatic N) is 5. The summed E-state index contributed by atoms with van der Waals surface area (Å²) in [7, 11) is 3.98. The van der Waals surface area contributed by atoms with E-state index in [1.165, 1.54) is 17.8 Å². The third-order valence-electron chi connectivity index (χ3n) is 7.12. The highest BCUT2D eigenvalue weighted by Gasteiger charge is 2.40. The molecule has 4 heterocycles. The minimum atomic E-state index is -0.365. The summed E-state index contributed by atoms with van der Waals surface area (Å²) in [6, 6.07) is 12.6. The van der Waals surface area contributed by atoms with Crippen molar-refractivity contribution in [3.8, 4) is 6.07 Å². The average molecular weight is 484 g/mol. The highest BCUT2D eigenvalue weighted by Crippen LogP contribution is 2.37. The molecule has 182 valence electrons. The summed E-state index contributed by atoms with van der Waals surface area (Å²) in [5.41, 5.74) is 3.91. The first-order valence-corrected chi connectivity index (χ1v) is 11.9. The van der Waals surface area contributed by atoms with Crippen molar-refractivity contribution in [3.05, 3.63) is 77.1 Å². The van der Waals surface area contributed by atoms with Gasteiger partial charge in [0.25, 0.3) is 5.91 Å². The molecule has 0 saturated carbocycles. The number of anilines is 1. The quantitative estimate of drug-likeness (QED) is 0.436. The molecule has 1 N–H and O–H groups in total.